The SMILES string of the molecule is Cc1ccc2c(c1)c1cc(C)c(F)cc1n2-c1ccc(F)cc1.Cc1ccc2c(c1)c1cc(C)cc(F)c1n2-c1ccc(F)cc1.Cc1ccc2c(c1)c1cc(C)ccc1n2-c1c(F)cccc1F.Cc1ccc2c(c1)c1cc(C)ccc1n2-c1cc(F)cc(F)c1.Cc1ccc2c(c1)c1cc(C)ccc1n2-c1ccc(F)cc1F.Cc1ccc2c(c1)c1cc(C)ccc1n2-c1cccc(F)c1F. The van der Waals surface area contributed by atoms with Crippen molar-refractivity contribution < 1.29 is 52.7 Å². The number of hydrogen-bond donors (Lipinski definition) is 0. The van der Waals surface area contributed by atoms with Crippen LogP contribution in [0.3, 0.4) is 0 Å². The normalized spacial score (nSPS) is 11.5. The zero-order valence-electron chi connectivity index (χ0n) is 77.4. The quantitative estimate of drug-likeness (QED) is 0.149. The van der Waals surface area contributed by atoms with Crippen LogP contribution in [0.25, 0.3) is 165 Å². The summed E-state index contributed by atoms with van der Waals surface area (Å²) in [5, 5.41) is 12.4. The van der Waals surface area contributed by atoms with Gasteiger partial charge < -0.3 is 27.4 Å². The molecule has 0 saturated carbocycles. The van der Waals surface area contributed by atoms with Gasteiger partial charge in [0, 0.05) is 88.1 Å². The first-order valence-electron chi connectivity index (χ1n) is 45.1. The van der Waals surface area contributed by atoms with Crippen molar-refractivity contribution in [3.05, 3.63) is 464 Å². The highest BCUT2D eigenvalue weighted by Gasteiger charge is 2.25. The van der Waals surface area contributed by atoms with Crippen LogP contribution >= 0.6 is 0 Å². The molecule has 0 aliphatic heterocycles. The van der Waals surface area contributed by atoms with Crippen LogP contribution in [0.2, 0.25) is 0 Å². The highest BCUT2D eigenvalue weighted by molar-refractivity contribution is 6.15. The number of hydrogen-bond acceptors (Lipinski definition) is 0. The van der Waals surface area contributed by atoms with Gasteiger partial charge in [0.25, 0.3) is 0 Å². The third-order valence-corrected chi connectivity index (χ3v) is 25.4. The van der Waals surface area contributed by atoms with Gasteiger partial charge in [-0.15, -0.1) is 0 Å². The molecule has 18 aromatic carbocycles. The molecule has 24 aromatic rings. The lowest BCUT2D eigenvalue weighted by atomic mass is 10.1. The standard InChI is InChI=1S/6C20H15F2N/c1-12-3-8-19-16(9-12)17-10-13(2)18(22)11-20(17)23(19)15-6-4-14(21)5-7-15;1-12-3-8-19-16(9-12)17-10-13(2)11-18(22)20(17)23(19)15-6-4-14(21)5-7-15;1-12-3-6-18-15(9-12)16-10-13(2)4-7-19(16)23(18)20-8-5-14(21)11-17(20)22;1-12-3-5-19-17(7-12)18-8-13(2)4-6-20(18)23(19)16-10-14(21)9-15(22)11-16;1-12-6-8-17-14(10-12)15-11-13(2)7-9-18(15)23(17)19-5-3-4-16(21)20(19)22;1-12-6-8-18-14(10-12)15-11-13(2)7-9-19(15)23(18)20-16(21)4-3-5-17(20)22/h6*3-11H,1-2H3. The van der Waals surface area contributed by atoms with E-state index in [0.29, 0.717) is 22.5 Å². The van der Waals surface area contributed by atoms with Crippen LogP contribution in [0.5, 0.6) is 0 Å². The molecule has 0 amide bonds. The second-order valence-corrected chi connectivity index (χ2v) is 35.8. The smallest absolute Gasteiger partial charge is 0.182 e. The minimum atomic E-state index is -0.836. The Balaban J connectivity index is 0.000000106. The summed E-state index contributed by atoms with van der Waals surface area (Å²) in [5.41, 5.74) is 25.8. The molecule has 6 aromatic heterocycles. The number of benzene rings is 18. The maximum absolute atomic E-state index is 14.7. The van der Waals surface area contributed by atoms with E-state index in [0.717, 1.165) is 216 Å². The van der Waals surface area contributed by atoms with Crippen molar-refractivity contribution in [1.29, 1.82) is 0 Å². The van der Waals surface area contributed by atoms with Crippen LogP contribution in [0, 0.1) is 153 Å². The molecule has 0 atom stereocenters. The van der Waals surface area contributed by atoms with Gasteiger partial charge in [-0.3, -0.25) is 0 Å². The molecule has 0 bridgehead atoms. The lowest BCUT2D eigenvalue weighted by Crippen LogP contribution is -2.01. The summed E-state index contributed by atoms with van der Waals surface area (Å²) >= 11 is 0. The van der Waals surface area contributed by atoms with Gasteiger partial charge in [-0.05, 0) is 337 Å². The van der Waals surface area contributed by atoms with E-state index in [4.69, 9.17) is 0 Å². The lowest BCUT2D eigenvalue weighted by molar-refractivity contribution is 0.505. The van der Waals surface area contributed by atoms with Crippen molar-refractivity contribution in [2.24, 2.45) is 0 Å². The minimum absolute atomic E-state index is 0.0276. The van der Waals surface area contributed by atoms with E-state index >= 15 is 0 Å². The van der Waals surface area contributed by atoms with Gasteiger partial charge in [0.05, 0.1) is 83.3 Å². The third kappa shape index (κ3) is 17.1. The summed E-state index contributed by atoms with van der Waals surface area (Å²) in [6.07, 6.45) is 0. The van der Waals surface area contributed by atoms with Crippen molar-refractivity contribution >= 4 is 131 Å². The van der Waals surface area contributed by atoms with Crippen molar-refractivity contribution in [3.8, 4) is 34.1 Å². The first-order chi connectivity index (χ1) is 66.3. The Morgan fingerprint density at radius 1 is 0.159 bits per heavy atom. The fraction of sp³-hybridized carbons (Fsp3) is 0.100. The molecule has 0 unspecified atom stereocenters. The lowest BCUT2D eigenvalue weighted by Gasteiger charge is -2.10. The van der Waals surface area contributed by atoms with Gasteiger partial charge in [0.1, 0.15) is 63.9 Å². The Morgan fingerprint density at radius 2 is 0.457 bits per heavy atom. The van der Waals surface area contributed by atoms with Crippen LogP contribution in [0.1, 0.15) is 66.8 Å². The van der Waals surface area contributed by atoms with Gasteiger partial charge in [-0.1, -0.05) is 128 Å². The van der Waals surface area contributed by atoms with Crippen LogP contribution < -0.4 is 0 Å². The number of aromatic nitrogens is 6. The molecule has 0 saturated heterocycles. The largest absolute Gasteiger partial charge is 0.309 e. The summed E-state index contributed by atoms with van der Waals surface area (Å²) in [7, 11) is 0. The Morgan fingerprint density at radius 3 is 0.833 bits per heavy atom. The molecule has 18 heteroatoms. The van der Waals surface area contributed by atoms with Crippen molar-refractivity contribution in [1.82, 2.24) is 27.4 Å². The minimum Gasteiger partial charge on any atom is -0.309 e. The maximum atomic E-state index is 14.7. The maximum Gasteiger partial charge on any atom is 0.182 e. The average molecular weight is 1840 g/mol. The Hall–Kier alpha value is -16.1. The molecule has 0 radical (unpaired) electrons. The molecule has 24 rings (SSSR count). The van der Waals surface area contributed by atoms with Gasteiger partial charge in [0.15, 0.2) is 11.6 Å². The Bertz CT molecular complexity index is 8740. The van der Waals surface area contributed by atoms with Gasteiger partial charge >= 0.3 is 0 Å². The van der Waals surface area contributed by atoms with E-state index in [-0.39, 0.29) is 34.6 Å². The number of rotatable bonds is 6. The Labute approximate surface area is 787 Å². The van der Waals surface area contributed by atoms with Crippen LogP contribution in [0.4, 0.5) is 52.7 Å². The fourth-order valence-corrected chi connectivity index (χ4v) is 19.1. The van der Waals surface area contributed by atoms with Crippen molar-refractivity contribution in [2.75, 3.05) is 0 Å². The molecular formula is C120H90F12N6. The molecule has 0 aliphatic carbocycles. The summed E-state index contributed by atoms with van der Waals surface area (Å²) in [4.78, 5) is 0. The summed E-state index contributed by atoms with van der Waals surface area (Å²) < 4.78 is 178. The predicted octanol–water partition coefficient (Wildman–Crippen LogP) is 34.1. The third-order valence-electron chi connectivity index (χ3n) is 25.4. The van der Waals surface area contributed by atoms with E-state index in [1.165, 1.54) is 78.9 Å². The van der Waals surface area contributed by atoms with Crippen LogP contribution in [-0.2, 0) is 0 Å². The van der Waals surface area contributed by atoms with E-state index in [1.807, 2.05) is 228 Å². The van der Waals surface area contributed by atoms with Crippen LogP contribution in [-0.4, -0.2) is 27.4 Å². The number of fused-ring (bicyclic) bond motifs is 18. The molecule has 0 N–H and O–H groups in total. The van der Waals surface area contributed by atoms with E-state index in [9.17, 15) is 52.7 Å². The predicted molar refractivity (Wildman–Crippen MR) is 541 cm³/mol. The van der Waals surface area contributed by atoms with Gasteiger partial charge in [0.2, 0.25) is 0 Å². The molecule has 138 heavy (non-hydrogen) atoms. The monoisotopic (exact) mass is 1840 g/mol. The van der Waals surface area contributed by atoms with Crippen molar-refractivity contribution in [2.45, 2.75) is 83.1 Å². The van der Waals surface area contributed by atoms with E-state index in [2.05, 4.69) is 60.7 Å². The fourth-order valence-electron chi connectivity index (χ4n) is 19.1. The molecular weight excluding hydrogens is 1750 g/mol. The number of aryl methyl sites for hydroxylation is 12. The zero-order valence-corrected chi connectivity index (χ0v) is 77.4. The topological polar surface area (TPSA) is 29.6 Å². The number of para-hydroxylation sites is 1. The second kappa shape index (κ2) is 36.6. The number of halogens is 12. The summed E-state index contributed by atoms with van der Waals surface area (Å²) in [5.74, 6) is -6.17. The molecule has 6 nitrogen and oxygen atoms in total. The van der Waals surface area contributed by atoms with E-state index < -0.39 is 46.5 Å². The zero-order chi connectivity index (χ0) is 96.8. The summed E-state index contributed by atoms with van der Waals surface area (Å²) in [6.45, 7) is 24.0. The van der Waals surface area contributed by atoms with Gasteiger partial charge in [-0.2, -0.15) is 0 Å². The van der Waals surface area contributed by atoms with E-state index in [1.54, 1.807) is 52.5 Å². The molecule has 684 valence electrons. The average Bonchev–Trinajstić information content (AvgIpc) is 1.57. The first-order valence-corrected chi connectivity index (χ1v) is 45.1. The highest BCUT2D eigenvalue weighted by Crippen LogP contribution is 2.43. The summed E-state index contributed by atoms with van der Waals surface area (Å²) in [6, 6.07) is 95.6. The Kier molecular flexibility index (Phi) is 24.2. The molecule has 0 spiro atoms. The molecule has 0 fully saturated rings. The van der Waals surface area contributed by atoms with Gasteiger partial charge in [-0.25, -0.2) is 52.7 Å². The number of nitrogens with zero attached hydrogens (tertiary/aromatic N) is 6. The highest BCUT2D eigenvalue weighted by atomic mass is 19.2. The molecule has 6 heterocycles. The van der Waals surface area contributed by atoms with Crippen molar-refractivity contribution in [3.63, 3.8) is 0 Å². The first kappa shape index (κ1) is 91.1. The van der Waals surface area contributed by atoms with Crippen LogP contribution in [0.15, 0.2) is 328 Å². The second-order valence-electron chi connectivity index (χ2n) is 35.8. The molecule has 0 aliphatic rings.